The molecule has 0 saturated heterocycles. The highest BCUT2D eigenvalue weighted by Gasteiger charge is 2.29. The Hall–Kier alpha value is -2.78. The van der Waals surface area contributed by atoms with Crippen LogP contribution >= 0.6 is 11.3 Å². The lowest BCUT2D eigenvalue weighted by Crippen LogP contribution is -2.40. The number of hydrogen-bond donors (Lipinski definition) is 1. The second kappa shape index (κ2) is 8.53. The van der Waals surface area contributed by atoms with Crippen molar-refractivity contribution in [3.63, 3.8) is 0 Å². The molecular formula is C24H31N7OS. The van der Waals surface area contributed by atoms with Gasteiger partial charge in [0, 0.05) is 34.3 Å². The Labute approximate surface area is 198 Å². The highest BCUT2D eigenvalue weighted by atomic mass is 32.1. The predicted octanol–water partition coefficient (Wildman–Crippen LogP) is 4.57. The number of hydrogen-bond acceptors (Lipinski definition) is 7. The van der Waals surface area contributed by atoms with E-state index >= 15 is 0 Å². The summed E-state index contributed by atoms with van der Waals surface area (Å²) in [5.74, 6) is 0.946. The fraction of sp³-hybridized carbons (Fsp3) is 0.500. The minimum absolute atomic E-state index is 0.270. The Balaban J connectivity index is 1.55. The van der Waals surface area contributed by atoms with Crippen molar-refractivity contribution < 1.29 is 4.74 Å². The van der Waals surface area contributed by atoms with Crippen LogP contribution in [0.3, 0.4) is 0 Å². The van der Waals surface area contributed by atoms with Gasteiger partial charge in [-0.25, -0.2) is 14.5 Å². The summed E-state index contributed by atoms with van der Waals surface area (Å²) in [7, 11) is 3.89. The van der Waals surface area contributed by atoms with Crippen LogP contribution in [-0.4, -0.2) is 60.9 Å². The summed E-state index contributed by atoms with van der Waals surface area (Å²) in [5.41, 5.74) is 5.97. The average molecular weight is 466 g/mol. The van der Waals surface area contributed by atoms with Gasteiger partial charge in [0.1, 0.15) is 11.3 Å². The van der Waals surface area contributed by atoms with Crippen molar-refractivity contribution in [2.45, 2.75) is 65.0 Å². The quantitative estimate of drug-likeness (QED) is 0.449. The Morgan fingerprint density at radius 1 is 1.27 bits per heavy atom. The molecule has 0 bridgehead atoms. The SMILES string of the molecule is COc1cc(-c2n[nH]c(-c3nc4c(s3)CC(N(C)C(C)C)CC4)c2C(C)C)cn2ncnc12. The number of rotatable bonds is 6. The number of thiazole rings is 1. The number of aromatic nitrogens is 6. The molecule has 0 aromatic carbocycles. The van der Waals surface area contributed by atoms with Crippen molar-refractivity contribution in [2.24, 2.45) is 0 Å². The maximum atomic E-state index is 5.57. The molecule has 0 saturated carbocycles. The summed E-state index contributed by atoms with van der Waals surface area (Å²) in [5, 5.41) is 13.4. The molecule has 1 aliphatic rings. The summed E-state index contributed by atoms with van der Waals surface area (Å²) in [6.07, 6.45) is 6.75. The number of fused-ring (bicyclic) bond motifs is 2. The topological polar surface area (TPSA) is 84.2 Å². The number of likely N-dealkylation sites (N-methyl/N-ethyl adjacent to an activating group) is 1. The summed E-state index contributed by atoms with van der Waals surface area (Å²) in [6, 6.07) is 3.11. The first-order valence-electron chi connectivity index (χ1n) is 11.5. The molecule has 33 heavy (non-hydrogen) atoms. The summed E-state index contributed by atoms with van der Waals surface area (Å²) < 4.78 is 7.30. The average Bonchev–Trinajstić information content (AvgIpc) is 3.53. The van der Waals surface area contributed by atoms with E-state index in [-0.39, 0.29) is 5.92 Å². The van der Waals surface area contributed by atoms with E-state index in [4.69, 9.17) is 14.8 Å². The Morgan fingerprint density at radius 3 is 2.82 bits per heavy atom. The van der Waals surface area contributed by atoms with Gasteiger partial charge in [0.25, 0.3) is 0 Å². The number of nitrogens with zero attached hydrogens (tertiary/aromatic N) is 6. The van der Waals surface area contributed by atoms with Gasteiger partial charge in [0.15, 0.2) is 11.4 Å². The molecule has 1 N–H and O–H groups in total. The molecule has 4 aromatic rings. The summed E-state index contributed by atoms with van der Waals surface area (Å²) in [6.45, 7) is 8.93. The van der Waals surface area contributed by atoms with Crippen LogP contribution in [0.15, 0.2) is 18.6 Å². The molecule has 4 heterocycles. The molecule has 0 amide bonds. The number of pyridine rings is 1. The Kier molecular flexibility index (Phi) is 5.70. The highest BCUT2D eigenvalue weighted by Crippen LogP contribution is 2.40. The van der Waals surface area contributed by atoms with Crippen molar-refractivity contribution in [2.75, 3.05) is 14.2 Å². The van der Waals surface area contributed by atoms with Crippen molar-refractivity contribution in [3.05, 3.63) is 34.7 Å². The van der Waals surface area contributed by atoms with Crippen LogP contribution < -0.4 is 4.74 Å². The molecule has 0 aliphatic heterocycles. The fourth-order valence-electron chi connectivity index (χ4n) is 4.71. The number of aryl methyl sites for hydroxylation is 1. The largest absolute Gasteiger partial charge is 0.493 e. The Morgan fingerprint density at radius 2 is 2.09 bits per heavy atom. The third-order valence-electron chi connectivity index (χ3n) is 6.73. The molecule has 0 spiro atoms. The normalized spacial score (nSPS) is 16.3. The zero-order chi connectivity index (χ0) is 23.3. The molecule has 174 valence electrons. The van der Waals surface area contributed by atoms with E-state index in [1.54, 1.807) is 11.6 Å². The third kappa shape index (κ3) is 3.83. The van der Waals surface area contributed by atoms with E-state index in [2.05, 4.69) is 54.8 Å². The zero-order valence-electron chi connectivity index (χ0n) is 20.1. The monoisotopic (exact) mass is 465 g/mol. The first kappa shape index (κ1) is 22.0. The molecule has 1 unspecified atom stereocenters. The van der Waals surface area contributed by atoms with E-state index < -0.39 is 0 Å². The number of nitrogens with one attached hydrogen (secondary N) is 1. The van der Waals surface area contributed by atoms with Crippen molar-refractivity contribution in [1.29, 1.82) is 0 Å². The van der Waals surface area contributed by atoms with E-state index in [1.807, 2.05) is 23.6 Å². The van der Waals surface area contributed by atoms with Gasteiger partial charge in [-0.3, -0.25) is 5.10 Å². The second-order valence-electron chi connectivity index (χ2n) is 9.39. The molecular weight excluding hydrogens is 434 g/mol. The van der Waals surface area contributed by atoms with Crippen LogP contribution in [0.1, 0.15) is 56.2 Å². The first-order chi connectivity index (χ1) is 15.9. The minimum atomic E-state index is 0.270. The van der Waals surface area contributed by atoms with Crippen LogP contribution in [0.4, 0.5) is 0 Å². The van der Waals surface area contributed by atoms with E-state index in [0.29, 0.717) is 23.5 Å². The van der Waals surface area contributed by atoms with Gasteiger partial charge < -0.3 is 9.64 Å². The minimum Gasteiger partial charge on any atom is -0.493 e. The highest BCUT2D eigenvalue weighted by molar-refractivity contribution is 7.15. The van der Waals surface area contributed by atoms with Crippen LogP contribution in [-0.2, 0) is 12.8 Å². The van der Waals surface area contributed by atoms with Crippen LogP contribution in [0.2, 0.25) is 0 Å². The van der Waals surface area contributed by atoms with Crippen molar-refractivity contribution in [1.82, 2.24) is 34.7 Å². The molecule has 5 rings (SSSR count). The standard InChI is InChI=1S/C24H31N7OS/c1-13(2)20-21(15-9-18(32-6)23-25-12-26-31(23)11-15)28-29-22(20)24-27-17-8-7-16(10-19(17)33-24)30(5)14(3)4/h9,11-14,16H,7-8,10H2,1-6H3,(H,28,29). The lowest BCUT2D eigenvalue weighted by molar-refractivity contribution is 0.179. The first-order valence-corrected chi connectivity index (χ1v) is 12.4. The van der Waals surface area contributed by atoms with Crippen LogP contribution in [0.25, 0.3) is 27.6 Å². The zero-order valence-corrected chi connectivity index (χ0v) is 20.9. The lowest BCUT2D eigenvalue weighted by Gasteiger charge is -2.33. The molecule has 0 fully saturated rings. The number of H-pyrrole nitrogens is 1. The van der Waals surface area contributed by atoms with Gasteiger partial charge in [-0.2, -0.15) is 10.2 Å². The molecule has 1 aliphatic carbocycles. The Bertz CT molecular complexity index is 1290. The number of methoxy groups -OCH3 is 1. The second-order valence-corrected chi connectivity index (χ2v) is 10.5. The predicted molar refractivity (Wildman–Crippen MR) is 131 cm³/mol. The fourth-order valence-corrected chi connectivity index (χ4v) is 5.89. The van der Waals surface area contributed by atoms with Gasteiger partial charge in [0.05, 0.1) is 24.2 Å². The van der Waals surface area contributed by atoms with Gasteiger partial charge in [-0.1, -0.05) is 13.8 Å². The van der Waals surface area contributed by atoms with Crippen LogP contribution in [0, 0.1) is 0 Å². The third-order valence-corrected chi connectivity index (χ3v) is 7.87. The van der Waals surface area contributed by atoms with Gasteiger partial charge in [0.2, 0.25) is 0 Å². The smallest absolute Gasteiger partial charge is 0.197 e. The van der Waals surface area contributed by atoms with Gasteiger partial charge in [-0.05, 0) is 52.1 Å². The maximum Gasteiger partial charge on any atom is 0.197 e. The molecule has 0 radical (unpaired) electrons. The van der Waals surface area contributed by atoms with Gasteiger partial charge >= 0.3 is 0 Å². The van der Waals surface area contributed by atoms with E-state index in [0.717, 1.165) is 41.2 Å². The van der Waals surface area contributed by atoms with Crippen LogP contribution in [0.5, 0.6) is 5.75 Å². The maximum absolute atomic E-state index is 5.57. The van der Waals surface area contributed by atoms with E-state index in [9.17, 15) is 0 Å². The summed E-state index contributed by atoms with van der Waals surface area (Å²) in [4.78, 5) is 13.2. The lowest BCUT2D eigenvalue weighted by atomic mass is 9.95. The van der Waals surface area contributed by atoms with E-state index in [1.165, 1.54) is 22.5 Å². The number of aromatic amines is 1. The summed E-state index contributed by atoms with van der Waals surface area (Å²) >= 11 is 1.81. The van der Waals surface area contributed by atoms with Crippen molar-refractivity contribution in [3.8, 4) is 27.7 Å². The molecule has 9 heteroatoms. The molecule has 1 atom stereocenters. The molecule has 8 nitrogen and oxygen atoms in total. The van der Waals surface area contributed by atoms with Crippen molar-refractivity contribution >= 4 is 17.0 Å². The number of ether oxygens (including phenoxy) is 1. The molecule has 4 aromatic heterocycles. The van der Waals surface area contributed by atoms with Gasteiger partial charge in [-0.15, -0.1) is 11.3 Å².